The minimum absolute atomic E-state index is 0.0648. The largest absolute Gasteiger partial charge is 0.454 e. The smallest absolute Gasteiger partial charge is 0.317 e. The van der Waals surface area contributed by atoms with Crippen LogP contribution in [-0.2, 0) is 9.53 Å². The van der Waals surface area contributed by atoms with E-state index in [1.165, 1.54) is 11.1 Å². The molecule has 3 aliphatic heterocycles. The van der Waals surface area contributed by atoms with Gasteiger partial charge in [-0.15, -0.1) is 0 Å². The van der Waals surface area contributed by atoms with Crippen molar-refractivity contribution in [2.24, 2.45) is 5.10 Å². The third-order valence-corrected chi connectivity index (χ3v) is 7.72. The molecule has 0 aromatic heterocycles. The molecule has 3 aliphatic rings. The van der Waals surface area contributed by atoms with Crippen LogP contribution in [0.25, 0.3) is 0 Å². The maximum Gasteiger partial charge on any atom is 0.317 e. The van der Waals surface area contributed by atoms with E-state index in [1.807, 2.05) is 25.1 Å². The Bertz CT molecular complexity index is 1260. The van der Waals surface area contributed by atoms with E-state index in [-0.39, 0.29) is 31.3 Å². The zero-order valence-electron chi connectivity index (χ0n) is 23.6. The third-order valence-electron chi connectivity index (χ3n) is 7.72. The fraction of sp³-hybridized carbons (Fsp3) is 0.500. The summed E-state index contributed by atoms with van der Waals surface area (Å²) in [5.41, 5.74) is 5.13. The molecule has 10 nitrogen and oxygen atoms in total. The van der Waals surface area contributed by atoms with Gasteiger partial charge in [0.15, 0.2) is 11.5 Å². The van der Waals surface area contributed by atoms with Crippen LogP contribution in [0.5, 0.6) is 11.5 Å². The van der Waals surface area contributed by atoms with Crippen molar-refractivity contribution in [3.05, 3.63) is 58.7 Å². The first-order valence-electron chi connectivity index (χ1n) is 14.1. The van der Waals surface area contributed by atoms with Gasteiger partial charge in [0, 0.05) is 39.1 Å². The minimum Gasteiger partial charge on any atom is -0.454 e. The predicted octanol–water partition coefficient (Wildman–Crippen LogP) is 3.46. The molecule has 1 N–H and O–H groups in total. The van der Waals surface area contributed by atoms with Crippen molar-refractivity contribution in [2.45, 2.75) is 39.7 Å². The fourth-order valence-corrected chi connectivity index (χ4v) is 5.13. The third kappa shape index (κ3) is 6.39. The summed E-state index contributed by atoms with van der Waals surface area (Å²) in [6, 6.07) is 11.5. The summed E-state index contributed by atoms with van der Waals surface area (Å²) >= 11 is 0. The van der Waals surface area contributed by atoms with Crippen LogP contribution < -0.4 is 14.8 Å². The highest BCUT2D eigenvalue weighted by Gasteiger charge is 2.35. The average molecular weight is 550 g/mol. The lowest BCUT2D eigenvalue weighted by Gasteiger charge is -2.31. The number of carbonyl (C=O) groups excluding carboxylic acids is 2. The number of urea groups is 1. The number of amides is 3. The lowest BCUT2D eigenvalue weighted by atomic mass is 9.96. The second kappa shape index (κ2) is 12.7. The molecule has 2 aromatic carbocycles. The van der Waals surface area contributed by atoms with Gasteiger partial charge in [-0.3, -0.25) is 9.69 Å². The van der Waals surface area contributed by atoms with Crippen LogP contribution in [0.1, 0.15) is 48.1 Å². The van der Waals surface area contributed by atoms with Gasteiger partial charge in [0.05, 0.1) is 25.0 Å². The standard InChI is InChI=1S/C30H39N5O5/c1-4-9-31-30(37)34(11-10-33-12-14-38-15-13-33)19-29(36)35-26(24-7-8-27-28(17-24)40-20-39-27)18-25(32-35)23-6-5-21(2)22(3)16-23/h5-8,16-17,26H,4,9-15,18-20H2,1-3H3,(H,31,37). The highest BCUT2D eigenvalue weighted by Crippen LogP contribution is 2.39. The van der Waals surface area contributed by atoms with Crippen molar-refractivity contribution < 1.29 is 23.8 Å². The number of carbonyl (C=O) groups is 2. The zero-order chi connectivity index (χ0) is 28.1. The summed E-state index contributed by atoms with van der Waals surface area (Å²) in [4.78, 5) is 30.9. The summed E-state index contributed by atoms with van der Waals surface area (Å²) in [5, 5.41) is 9.34. The van der Waals surface area contributed by atoms with E-state index in [0.717, 1.165) is 36.3 Å². The predicted molar refractivity (Wildman–Crippen MR) is 152 cm³/mol. The average Bonchev–Trinajstić information content (AvgIpc) is 3.63. The summed E-state index contributed by atoms with van der Waals surface area (Å²) in [6.45, 7) is 11.0. The minimum atomic E-state index is -0.321. The summed E-state index contributed by atoms with van der Waals surface area (Å²) < 4.78 is 16.6. The topological polar surface area (TPSA) is 95.9 Å². The number of ether oxygens (including phenoxy) is 3. The van der Waals surface area contributed by atoms with Gasteiger partial charge in [0.25, 0.3) is 5.91 Å². The van der Waals surface area contributed by atoms with Crippen molar-refractivity contribution in [2.75, 3.05) is 59.3 Å². The summed E-state index contributed by atoms with van der Waals surface area (Å²) in [6.07, 6.45) is 1.38. The molecule has 2 aromatic rings. The van der Waals surface area contributed by atoms with Crippen LogP contribution in [0.3, 0.4) is 0 Å². The molecule has 1 atom stereocenters. The van der Waals surface area contributed by atoms with E-state index in [4.69, 9.17) is 19.3 Å². The van der Waals surface area contributed by atoms with E-state index in [1.54, 1.807) is 9.91 Å². The van der Waals surface area contributed by atoms with Gasteiger partial charge in [-0.25, -0.2) is 9.80 Å². The van der Waals surface area contributed by atoms with Crippen LogP contribution in [0, 0.1) is 13.8 Å². The van der Waals surface area contributed by atoms with E-state index in [2.05, 4.69) is 42.3 Å². The number of hydrogen-bond donors (Lipinski definition) is 1. The maximum absolute atomic E-state index is 13.9. The van der Waals surface area contributed by atoms with Gasteiger partial charge in [0.1, 0.15) is 6.54 Å². The van der Waals surface area contributed by atoms with E-state index < -0.39 is 0 Å². The van der Waals surface area contributed by atoms with Crippen molar-refractivity contribution in [1.29, 1.82) is 0 Å². The number of hydrazone groups is 1. The Morgan fingerprint density at radius 2 is 1.85 bits per heavy atom. The van der Waals surface area contributed by atoms with Crippen LogP contribution in [0.2, 0.25) is 0 Å². The van der Waals surface area contributed by atoms with Gasteiger partial charge in [-0.05, 0) is 60.7 Å². The van der Waals surface area contributed by atoms with Crippen molar-refractivity contribution in [3.63, 3.8) is 0 Å². The quantitative estimate of drug-likeness (QED) is 0.515. The van der Waals surface area contributed by atoms with Crippen LogP contribution in [0.15, 0.2) is 41.5 Å². The lowest BCUT2D eigenvalue weighted by molar-refractivity contribution is -0.133. The van der Waals surface area contributed by atoms with Gasteiger partial charge in [-0.1, -0.05) is 25.1 Å². The number of morpholine rings is 1. The molecule has 1 unspecified atom stereocenters. The molecule has 5 rings (SSSR count). The number of aryl methyl sites for hydroxylation is 2. The Kier molecular flexibility index (Phi) is 8.86. The molecule has 0 bridgehead atoms. The highest BCUT2D eigenvalue weighted by atomic mass is 16.7. The zero-order valence-corrected chi connectivity index (χ0v) is 23.6. The Morgan fingerprint density at radius 3 is 2.62 bits per heavy atom. The Morgan fingerprint density at radius 1 is 1.05 bits per heavy atom. The molecule has 3 amide bonds. The van der Waals surface area contributed by atoms with Crippen LogP contribution >= 0.6 is 0 Å². The van der Waals surface area contributed by atoms with Gasteiger partial charge in [-0.2, -0.15) is 5.10 Å². The molecular formula is C30H39N5O5. The molecule has 0 aliphatic carbocycles. The van der Waals surface area contributed by atoms with Gasteiger partial charge >= 0.3 is 6.03 Å². The number of rotatable bonds is 9. The Labute approximate surface area is 235 Å². The maximum atomic E-state index is 13.9. The molecule has 0 saturated carbocycles. The number of nitrogens with one attached hydrogen (secondary N) is 1. The van der Waals surface area contributed by atoms with E-state index in [9.17, 15) is 9.59 Å². The van der Waals surface area contributed by atoms with E-state index >= 15 is 0 Å². The molecule has 1 saturated heterocycles. The first kappa shape index (κ1) is 27.9. The van der Waals surface area contributed by atoms with Crippen molar-refractivity contribution >= 4 is 17.6 Å². The van der Waals surface area contributed by atoms with Crippen molar-refractivity contribution in [3.8, 4) is 11.5 Å². The second-order valence-electron chi connectivity index (χ2n) is 10.5. The normalized spacial score (nSPS) is 18.5. The number of nitrogens with zero attached hydrogens (tertiary/aromatic N) is 4. The fourth-order valence-electron chi connectivity index (χ4n) is 5.13. The number of benzene rings is 2. The first-order valence-corrected chi connectivity index (χ1v) is 14.1. The second-order valence-corrected chi connectivity index (χ2v) is 10.5. The van der Waals surface area contributed by atoms with Crippen molar-refractivity contribution in [1.82, 2.24) is 20.1 Å². The van der Waals surface area contributed by atoms with E-state index in [0.29, 0.717) is 50.8 Å². The first-order chi connectivity index (χ1) is 19.4. The molecule has 0 spiro atoms. The van der Waals surface area contributed by atoms with Gasteiger partial charge in [0.2, 0.25) is 6.79 Å². The summed E-state index contributed by atoms with van der Waals surface area (Å²) in [5.74, 6) is 1.13. The Balaban J connectivity index is 1.39. The molecule has 3 heterocycles. The number of fused-ring (bicyclic) bond motifs is 1. The number of hydrogen-bond acceptors (Lipinski definition) is 7. The monoisotopic (exact) mass is 549 g/mol. The molecule has 0 radical (unpaired) electrons. The molecule has 214 valence electrons. The van der Waals surface area contributed by atoms with Crippen LogP contribution in [-0.4, -0.2) is 91.7 Å². The lowest BCUT2D eigenvalue weighted by Crippen LogP contribution is -2.49. The van der Waals surface area contributed by atoms with Gasteiger partial charge < -0.3 is 24.4 Å². The molecule has 10 heteroatoms. The summed E-state index contributed by atoms with van der Waals surface area (Å²) in [7, 11) is 0. The molecule has 40 heavy (non-hydrogen) atoms. The molecule has 1 fully saturated rings. The highest BCUT2D eigenvalue weighted by molar-refractivity contribution is 6.03. The van der Waals surface area contributed by atoms with Crippen LogP contribution in [0.4, 0.5) is 4.79 Å². The molecular weight excluding hydrogens is 510 g/mol. The SMILES string of the molecule is CCCNC(=O)N(CCN1CCOCC1)CC(=O)N1N=C(c2ccc(C)c(C)c2)CC1c1ccc2c(c1)OCO2. The Hall–Kier alpha value is -3.63.